The third kappa shape index (κ3) is 2.86. The topological polar surface area (TPSA) is 23.6 Å². The van der Waals surface area contributed by atoms with Gasteiger partial charge in [-0.15, -0.1) is 0 Å². The average molecular weight is 232 g/mol. The minimum Gasteiger partial charge on any atom is -0.298 e. The molecule has 1 heterocycles. The number of hydrogen-bond donors (Lipinski definition) is 0. The lowest BCUT2D eigenvalue weighted by Gasteiger charge is -2.18. The van der Waals surface area contributed by atoms with E-state index in [9.17, 15) is 4.79 Å². The van der Waals surface area contributed by atoms with Gasteiger partial charge in [0.1, 0.15) is 0 Å². The molecule has 0 atom stereocenters. The molecule has 0 radical (unpaired) electrons. The van der Waals surface area contributed by atoms with Crippen LogP contribution in [0.5, 0.6) is 0 Å². The van der Waals surface area contributed by atoms with Crippen molar-refractivity contribution in [3.8, 4) is 0 Å². The molecule has 2 rings (SSSR count). The Bertz CT molecular complexity index is 386. The predicted octanol–water partition coefficient (Wildman–Crippen LogP) is 2.40. The molecule has 17 heavy (non-hydrogen) atoms. The third-order valence-electron chi connectivity index (χ3n) is 3.17. The van der Waals surface area contributed by atoms with E-state index in [1.54, 1.807) is 0 Å². The van der Waals surface area contributed by atoms with E-state index in [2.05, 4.69) is 30.9 Å². The van der Waals surface area contributed by atoms with Crippen molar-refractivity contribution in [3.63, 3.8) is 0 Å². The number of nitrogens with zero attached hydrogens (tertiary/aromatic N) is 2. The monoisotopic (exact) mass is 232 g/mol. The Kier molecular flexibility index (Phi) is 3.79. The van der Waals surface area contributed by atoms with Crippen molar-refractivity contribution in [1.82, 2.24) is 4.90 Å². The van der Waals surface area contributed by atoms with E-state index in [1.807, 2.05) is 17.0 Å². The molecule has 0 unspecified atom stereocenters. The van der Waals surface area contributed by atoms with Gasteiger partial charge in [-0.1, -0.05) is 31.0 Å². The van der Waals surface area contributed by atoms with Crippen LogP contribution >= 0.6 is 0 Å². The highest BCUT2D eigenvalue weighted by Crippen LogP contribution is 2.19. The van der Waals surface area contributed by atoms with Crippen LogP contribution in [0.3, 0.4) is 0 Å². The second-order valence-electron chi connectivity index (χ2n) is 4.70. The number of aryl methyl sites for hydroxylation is 1. The molecule has 1 saturated heterocycles. The van der Waals surface area contributed by atoms with Crippen LogP contribution in [0.2, 0.25) is 0 Å². The number of rotatable bonds is 4. The van der Waals surface area contributed by atoms with Crippen molar-refractivity contribution in [1.29, 1.82) is 0 Å². The van der Waals surface area contributed by atoms with Gasteiger partial charge in [0.25, 0.3) is 0 Å². The standard InChI is InChI=1S/C14H20N2O/c1-3-4-9-15-10-14(17)16(11-15)13-7-5-12(2)6-8-13/h5-8H,3-4,9-11H2,1-2H3. The number of anilines is 1. The third-order valence-corrected chi connectivity index (χ3v) is 3.17. The summed E-state index contributed by atoms with van der Waals surface area (Å²) in [7, 11) is 0. The van der Waals surface area contributed by atoms with Crippen LogP contribution in [0.4, 0.5) is 5.69 Å². The van der Waals surface area contributed by atoms with Crippen LogP contribution in [-0.4, -0.2) is 30.6 Å². The van der Waals surface area contributed by atoms with Crippen molar-refractivity contribution in [2.75, 3.05) is 24.7 Å². The van der Waals surface area contributed by atoms with Crippen molar-refractivity contribution in [2.45, 2.75) is 26.7 Å². The van der Waals surface area contributed by atoms with Crippen LogP contribution in [0.1, 0.15) is 25.3 Å². The summed E-state index contributed by atoms with van der Waals surface area (Å²) < 4.78 is 0. The number of hydrogen-bond acceptors (Lipinski definition) is 2. The second kappa shape index (κ2) is 5.32. The zero-order valence-corrected chi connectivity index (χ0v) is 10.6. The first-order valence-electron chi connectivity index (χ1n) is 6.30. The molecule has 0 aromatic heterocycles. The summed E-state index contributed by atoms with van der Waals surface area (Å²) in [5.74, 6) is 0.213. The van der Waals surface area contributed by atoms with Crippen LogP contribution in [-0.2, 0) is 4.79 Å². The van der Waals surface area contributed by atoms with E-state index in [1.165, 1.54) is 12.0 Å². The van der Waals surface area contributed by atoms with Gasteiger partial charge in [0.05, 0.1) is 13.2 Å². The van der Waals surface area contributed by atoms with Gasteiger partial charge in [-0.25, -0.2) is 0 Å². The summed E-state index contributed by atoms with van der Waals surface area (Å²) in [6.45, 7) is 6.55. The molecule has 0 N–H and O–H groups in total. The first kappa shape index (κ1) is 12.1. The van der Waals surface area contributed by atoms with Gasteiger partial charge in [-0.05, 0) is 25.5 Å². The van der Waals surface area contributed by atoms with Crippen LogP contribution < -0.4 is 4.90 Å². The summed E-state index contributed by atoms with van der Waals surface area (Å²) >= 11 is 0. The SMILES string of the molecule is CCCCN1CC(=O)N(c2ccc(C)cc2)C1. The molecule has 1 aromatic rings. The first-order valence-corrected chi connectivity index (χ1v) is 6.30. The van der Waals surface area contributed by atoms with Crippen molar-refractivity contribution >= 4 is 11.6 Å². The number of amides is 1. The maximum atomic E-state index is 11.9. The maximum absolute atomic E-state index is 11.9. The Labute approximate surface area is 103 Å². The van der Waals surface area contributed by atoms with E-state index in [0.717, 1.165) is 25.3 Å². The largest absolute Gasteiger partial charge is 0.298 e. The number of benzene rings is 1. The maximum Gasteiger partial charge on any atom is 0.242 e. The predicted molar refractivity (Wildman–Crippen MR) is 70.0 cm³/mol. The van der Waals surface area contributed by atoms with E-state index in [-0.39, 0.29) is 5.91 Å². The lowest BCUT2D eigenvalue weighted by Crippen LogP contribution is -2.27. The molecule has 0 spiro atoms. The smallest absolute Gasteiger partial charge is 0.242 e. The van der Waals surface area contributed by atoms with E-state index in [0.29, 0.717) is 6.54 Å². The molecule has 1 aliphatic heterocycles. The van der Waals surface area contributed by atoms with E-state index < -0.39 is 0 Å². The fraction of sp³-hybridized carbons (Fsp3) is 0.500. The average Bonchev–Trinajstić information content (AvgIpc) is 2.69. The zero-order chi connectivity index (χ0) is 12.3. The fourth-order valence-electron chi connectivity index (χ4n) is 2.09. The minimum absolute atomic E-state index is 0.213. The molecular weight excluding hydrogens is 212 g/mol. The van der Waals surface area contributed by atoms with Gasteiger partial charge in [0.15, 0.2) is 0 Å². The number of carbonyl (C=O) groups excluding carboxylic acids is 1. The van der Waals surface area contributed by atoms with Crippen LogP contribution in [0, 0.1) is 6.92 Å². The molecule has 3 heteroatoms. The Morgan fingerprint density at radius 3 is 2.59 bits per heavy atom. The highest BCUT2D eigenvalue weighted by atomic mass is 16.2. The fourth-order valence-corrected chi connectivity index (χ4v) is 2.09. The molecular formula is C14H20N2O. The summed E-state index contributed by atoms with van der Waals surface area (Å²) in [6.07, 6.45) is 2.34. The number of carbonyl (C=O) groups is 1. The van der Waals surface area contributed by atoms with Crippen LogP contribution in [0.15, 0.2) is 24.3 Å². The molecule has 0 saturated carbocycles. The number of unbranched alkanes of at least 4 members (excludes halogenated alkanes) is 1. The molecule has 0 aliphatic carbocycles. The molecule has 1 aromatic carbocycles. The van der Waals surface area contributed by atoms with Crippen molar-refractivity contribution in [2.24, 2.45) is 0 Å². The first-order chi connectivity index (χ1) is 8.20. The van der Waals surface area contributed by atoms with Gasteiger partial charge in [-0.2, -0.15) is 0 Å². The highest BCUT2D eigenvalue weighted by Gasteiger charge is 2.27. The van der Waals surface area contributed by atoms with Gasteiger partial charge >= 0.3 is 0 Å². The normalized spacial score (nSPS) is 16.8. The second-order valence-corrected chi connectivity index (χ2v) is 4.70. The molecule has 1 amide bonds. The lowest BCUT2D eigenvalue weighted by molar-refractivity contribution is -0.116. The highest BCUT2D eigenvalue weighted by molar-refractivity contribution is 5.96. The van der Waals surface area contributed by atoms with Crippen LogP contribution in [0.25, 0.3) is 0 Å². The van der Waals surface area contributed by atoms with E-state index in [4.69, 9.17) is 0 Å². The van der Waals surface area contributed by atoms with Crippen molar-refractivity contribution < 1.29 is 4.79 Å². The van der Waals surface area contributed by atoms with Crippen molar-refractivity contribution in [3.05, 3.63) is 29.8 Å². The summed E-state index contributed by atoms with van der Waals surface area (Å²) in [5, 5.41) is 0. The molecule has 0 bridgehead atoms. The summed E-state index contributed by atoms with van der Waals surface area (Å²) in [6, 6.07) is 8.15. The quantitative estimate of drug-likeness (QED) is 0.796. The molecule has 1 fully saturated rings. The molecule has 1 aliphatic rings. The Morgan fingerprint density at radius 2 is 1.94 bits per heavy atom. The molecule has 3 nitrogen and oxygen atoms in total. The summed E-state index contributed by atoms with van der Waals surface area (Å²) in [4.78, 5) is 16.0. The zero-order valence-electron chi connectivity index (χ0n) is 10.6. The van der Waals surface area contributed by atoms with Gasteiger partial charge in [-0.3, -0.25) is 14.6 Å². The Morgan fingerprint density at radius 1 is 1.24 bits per heavy atom. The van der Waals surface area contributed by atoms with Gasteiger partial charge in [0.2, 0.25) is 5.91 Å². The van der Waals surface area contributed by atoms with E-state index >= 15 is 0 Å². The Hall–Kier alpha value is -1.35. The molecule has 92 valence electrons. The van der Waals surface area contributed by atoms with Gasteiger partial charge in [0, 0.05) is 12.2 Å². The Balaban J connectivity index is 2.02. The minimum atomic E-state index is 0.213. The van der Waals surface area contributed by atoms with Gasteiger partial charge < -0.3 is 0 Å². The lowest BCUT2D eigenvalue weighted by atomic mass is 10.2. The summed E-state index contributed by atoms with van der Waals surface area (Å²) in [5.41, 5.74) is 2.24.